The Morgan fingerprint density at radius 1 is 1.39 bits per heavy atom. The third-order valence-electron chi connectivity index (χ3n) is 3.94. The Hall–Kier alpha value is -1.30. The van der Waals surface area contributed by atoms with E-state index in [4.69, 9.17) is 17.3 Å². The summed E-state index contributed by atoms with van der Waals surface area (Å²) in [6.45, 7) is 4.42. The first-order chi connectivity index (χ1) is 10.4. The number of hydrogen-bond acceptors (Lipinski definition) is 3. The summed E-state index contributed by atoms with van der Waals surface area (Å²) in [5, 5.41) is 3.00. The van der Waals surface area contributed by atoms with Gasteiger partial charge in [-0.2, -0.15) is 0 Å². The van der Waals surface area contributed by atoms with Crippen LogP contribution in [0.25, 0.3) is 0 Å². The van der Waals surface area contributed by atoms with E-state index in [0.717, 1.165) is 25.8 Å². The average molecular weight is 360 g/mol. The van der Waals surface area contributed by atoms with E-state index < -0.39 is 6.04 Å². The van der Waals surface area contributed by atoms with Crippen LogP contribution in [0.15, 0.2) is 18.2 Å². The number of rotatable bonds is 3. The number of likely N-dealkylation sites (tertiary alicyclic amines) is 1. The Kier molecular flexibility index (Phi) is 7.32. The van der Waals surface area contributed by atoms with Crippen LogP contribution >= 0.6 is 24.0 Å². The van der Waals surface area contributed by atoms with E-state index in [1.807, 2.05) is 4.90 Å². The van der Waals surface area contributed by atoms with E-state index in [-0.39, 0.29) is 30.3 Å². The molecule has 0 saturated carbocycles. The molecule has 128 valence electrons. The molecular formula is C16H23Cl2N3O2. The van der Waals surface area contributed by atoms with Gasteiger partial charge in [-0.3, -0.25) is 9.59 Å². The van der Waals surface area contributed by atoms with Crippen LogP contribution in [0.1, 0.15) is 43.5 Å². The molecule has 7 heteroatoms. The van der Waals surface area contributed by atoms with Crippen LogP contribution in [-0.4, -0.2) is 35.3 Å². The molecule has 1 heterocycles. The summed E-state index contributed by atoms with van der Waals surface area (Å²) >= 11 is 6.22. The summed E-state index contributed by atoms with van der Waals surface area (Å²) in [5.41, 5.74) is 6.51. The smallest absolute Gasteiger partial charge is 0.255 e. The van der Waals surface area contributed by atoms with Crippen molar-refractivity contribution < 1.29 is 9.59 Å². The highest BCUT2D eigenvalue weighted by molar-refractivity contribution is 6.34. The summed E-state index contributed by atoms with van der Waals surface area (Å²) in [5.74, 6) is -0.345. The van der Waals surface area contributed by atoms with Crippen molar-refractivity contribution in [3.63, 3.8) is 0 Å². The van der Waals surface area contributed by atoms with Gasteiger partial charge in [0.25, 0.3) is 5.91 Å². The highest BCUT2D eigenvalue weighted by Gasteiger charge is 2.25. The lowest BCUT2D eigenvalue weighted by Gasteiger charge is -2.33. The second-order valence-corrected chi connectivity index (χ2v) is 6.22. The van der Waals surface area contributed by atoms with Crippen molar-refractivity contribution in [1.82, 2.24) is 4.90 Å². The van der Waals surface area contributed by atoms with Crippen molar-refractivity contribution in [3.8, 4) is 0 Å². The van der Waals surface area contributed by atoms with E-state index in [0.29, 0.717) is 16.3 Å². The minimum atomic E-state index is -0.603. The van der Waals surface area contributed by atoms with Crippen LogP contribution in [0.2, 0.25) is 5.02 Å². The van der Waals surface area contributed by atoms with Gasteiger partial charge in [-0.15, -0.1) is 12.4 Å². The Bertz CT molecular complexity index is 578. The molecular weight excluding hydrogens is 337 g/mol. The van der Waals surface area contributed by atoms with Gasteiger partial charge >= 0.3 is 0 Å². The molecule has 1 saturated heterocycles. The van der Waals surface area contributed by atoms with Crippen LogP contribution in [0, 0.1) is 0 Å². The lowest BCUT2D eigenvalue weighted by molar-refractivity contribution is -0.117. The van der Waals surface area contributed by atoms with Gasteiger partial charge in [0.05, 0.1) is 16.6 Å². The molecule has 2 amide bonds. The summed E-state index contributed by atoms with van der Waals surface area (Å²) in [6.07, 6.45) is 3.20. The van der Waals surface area contributed by atoms with Gasteiger partial charge in [0.2, 0.25) is 5.91 Å². The molecule has 0 aromatic heterocycles. The molecule has 3 N–H and O–H groups in total. The molecule has 1 aromatic rings. The maximum Gasteiger partial charge on any atom is 0.255 e. The lowest BCUT2D eigenvalue weighted by Crippen LogP contribution is -2.42. The van der Waals surface area contributed by atoms with Crippen molar-refractivity contribution in [1.29, 1.82) is 0 Å². The Morgan fingerprint density at radius 2 is 2.09 bits per heavy atom. The summed E-state index contributed by atoms with van der Waals surface area (Å²) < 4.78 is 0. The molecule has 0 spiro atoms. The topological polar surface area (TPSA) is 75.4 Å². The van der Waals surface area contributed by atoms with Gasteiger partial charge in [0.15, 0.2) is 0 Å². The normalized spacial score (nSPS) is 18.8. The highest BCUT2D eigenvalue weighted by atomic mass is 35.5. The monoisotopic (exact) mass is 359 g/mol. The van der Waals surface area contributed by atoms with Crippen molar-refractivity contribution >= 4 is 41.5 Å². The third-order valence-corrected chi connectivity index (χ3v) is 4.26. The number of halogens is 2. The van der Waals surface area contributed by atoms with Crippen molar-refractivity contribution in [2.45, 2.75) is 45.2 Å². The van der Waals surface area contributed by atoms with Gasteiger partial charge in [-0.05, 0) is 51.3 Å². The quantitative estimate of drug-likeness (QED) is 0.870. The van der Waals surface area contributed by atoms with Gasteiger partial charge in [0.1, 0.15) is 0 Å². The number of amides is 2. The fourth-order valence-corrected chi connectivity index (χ4v) is 2.84. The maximum atomic E-state index is 12.6. The highest BCUT2D eigenvalue weighted by Crippen LogP contribution is 2.25. The van der Waals surface area contributed by atoms with Gasteiger partial charge in [0, 0.05) is 18.3 Å². The molecule has 5 nitrogen and oxygen atoms in total. The van der Waals surface area contributed by atoms with Gasteiger partial charge in [-0.25, -0.2) is 0 Å². The van der Waals surface area contributed by atoms with E-state index in [1.165, 1.54) is 0 Å². The summed E-state index contributed by atoms with van der Waals surface area (Å²) in [6, 6.07) is 4.55. The SMILES string of the molecule is CC1CCCCN1C(=O)c1ccc(NC(=O)[C@H](C)N)cc1Cl.Cl. The molecule has 0 aliphatic carbocycles. The Morgan fingerprint density at radius 3 is 2.65 bits per heavy atom. The van der Waals surface area contributed by atoms with Crippen molar-refractivity contribution in [3.05, 3.63) is 28.8 Å². The number of anilines is 1. The predicted octanol–water partition coefficient (Wildman–Crippen LogP) is 3.06. The number of nitrogens with two attached hydrogens (primary N) is 1. The molecule has 1 fully saturated rings. The van der Waals surface area contributed by atoms with Crippen LogP contribution < -0.4 is 11.1 Å². The number of carbonyl (C=O) groups excluding carboxylic acids is 2. The Labute approximate surface area is 148 Å². The zero-order valence-electron chi connectivity index (χ0n) is 13.3. The summed E-state index contributed by atoms with van der Waals surface area (Å²) in [7, 11) is 0. The zero-order valence-corrected chi connectivity index (χ0v) is 14.9. The van der Waals surface area contributed by atoms with E-state index in [9.17, 15) is 9.59 Å². The number of carbonyl (C=O) groups is 2. The number of hydrogen-bond donors (Lipinski definition) is 2. The first-order valence-corrected chi connectivity index (χ1v) is 7.95. The number of nitrogens with zero attached hydrogens (tertiary/aromatic N) is 1. The van der Waals surface area contributed by atoms with Crippen molar-refractivity contribution in [2.24, 2.45) is 5.73 Å². The fraction of sp³-hybridized carbons (Fsp3) is 0.500. The van der Waals surface area contributed by atoms with E-state index >= 15 is 0 Å². The van der Waals surface area contributed by atoms with Crippen LogP contribution in [0.3, 0.4) is 0 Å². The second-order valence-electron chi connectivity index (χ2n) is 5.82. The van der Waals surface area contributed by atoms with Gasteiger partial charge < -0.3 is 16.0 Å². The Balaban J connectivity index is 0.00000264. The molecule has 1 unspecified atom stereocenters. The minimum absolute atomic E-state index is 0. The van der Waals surface area contributed by atoms with E-state index in [1.54, 1.807) is 25.1 Å². The molecule has 1 aromatic carbocycles. The molecule has 23 heavy (non-hydrogen) atoms. The van der Waals surface area contributed by atoms with E-state index in [2.05, 4.69) is 12.2 Å². The number of piperidine rings is 1. The number of nitrogens with one attached hydrogen (secondary N) is 1. The first-order valence-electron chi connectivity index (χ1n) is 7.57. The molecule has 2 rings (SSSR count). The molecule has 1 aliphatic rings. The van der Waals surface area contributed by atoms with Crippen LogP contribution in [0.4, 0.5) is 5.69 Å². The molecule has 1 aliphatic heterocycles. The van der Waals surface area contributed by atoms with Crippen LogP contribution in [0.5, 0.6) is 0 Å². The lowest BCUT2D eigenvalue weighted by atomic mass is 10.0. The fourth-order valence-electron chi connectivity index (χ4n) is 2.58. The maximum absolute atomic E-state index is 12.6. The third kappa shape index (κ3) is 4.83. The second kappa shape index (κ2) is 8.52. The zero-order chi connectivity index (χ0) is 16.3. The molecule has 0 radical (unpaired) electrons. The standard InChI is InChI=1S/C16H22ClN3O2.ClH/c1-10-5-3-4-8-20(10)16(22)13-7-6-12(9-14(13)17)19-15(21)11(2)18;/h6-7,9-11H,3-5,8,18H2,1-2H3,(H,19,21);1H/t10?,11-;/m0./s1. The van der Waals surface area contributed by atoms with Crippen LogP contribution in [-0.2, 0) is 4.79 Å². The largest absolute Gasteiger partial charge is 0.336 e. The average Bonchev–Trinajstić information content (AvgIpc) is 2.47. The summed E-state index contributed by atoms with van der Waals surface area (Å²) in [4.78, 5) is 26.1. The van der Waals surface area contributed by atoms with Crippen molar-refractivity contribution in [2.75, 3.05) is 11.9 Å². The minimum Gasteiger partial charge on any atom is -0.336 e. The molecule has 0 bridgehead atoms. The van der Waals surface area contributed by atoms with Gasteiger partial charge in [-0.1, -0.05) is 11.6 Å². The number of benzene rings is 1. The predicted molar refractivity (Wildman–Crippen MR) is 95.3 cm³/mol. The molecule has 2 atom stereocenters. The first kappa shape index (κ1) is 19.7.